The first-order valence-electron chi connectivity index (χ1n) is 9.44. The number of nitrogens with zero attached hydrogens (tertiary/aromatic N) is 2. The molecular weight excluding hydrogens is 370 g/mol. The lowest BCUT2D eigenvalue weighted by Gasteiger charge is -2.35. The Balaban J connectivity index is 1.90. The SMILES string of the molecule is CCCCn1nc(C)c(C(=O)NNC(=S)N[C@H]2CCC[C@@H](C)[C@@H]2C)c1Cl. The average molecular weight is 400 g/mol. The summed E-state index contributed by atoms with van der Waals surface area (Å²) in [5.74, 6) is 0.895. The van der Waals surface area contributed by atoms with Gasteiger partial charge in [-0.15, -0.1) is 0 Å². The lowest BCUT2D eigenvalue weighted by Crippen LogP contribution is -2.52. The van der Waals surface area contributed by atoms with Gasteiger partial charge in [-0.05, 0) is 43.8 Å². The second-order valence-corrected chi connectivity index (χ2v) is 8.02. The van der Waals surface area contributed by atoms with Crippen molar-refractivity contribution in [3.05, 3.63) is 16.4 Å². The fourth-order valence-electron chi connectivity index (χ4n) is 3.43. The summed E-state index contributed by atoms with van der Waals surface area (Å²) in [6, 6.07) is 0.331. The molecule has 1 aliphatic carbocycles. The van der Waals surface area contributed by atoms with E-state index in [2.05, 4.69) is 42.0 Å². The lowest BCUT2D eigenvalue weighted by atomic mass is 9.78. The summed E-state index contributed by atoms with van der Waals surface area (Å²) in [5, 5.41) is 8.47. The summed E-state index contributed by atoms with van der Waals surface area (Å²) in [6.45, 7) is 9.11. The molecular formula is C18H30ClN5OS. The zero-order valence-electron chi connectivity index (χ0n) is 16.1. The summed E-state index contributed by atoms with van der Waals surface area (Å²) >= 11 is 11.7. The van der Waals surface area contributed by atoms with Crippen molar-refractivity contribution < 1.29 is 4.79 Å². The molecule has 0 aromatic carbocycles. The minimum absolute atomic E-state index is 0.329. The minimum atomic E-state index is -0.329. The quantitative estimate of drug-likeness (QED) is 0.521. The number of aromatic nitrogens is 2. The first kappa shape index (κ1) is 21.0. The second kappa shape index (κ2) is 9.55. The number of halogens is 1. The fourth-order valence-corrected chi connectivity index (χ4v) is 3.98. The molecule has 1 aromatic rings. The van der Waals surface area contributed by atoms with E-state index in [0.29, 0.717) is 45.9 Å². The van der Waals surface area contributed by atoms with Crippen LogP contribution in [0, 0.1) is 18.8 Å². The van der Waals surface area contributed by atoms with E-state index >= 15 is 0 Å². The maximum Gasteiger partial charge on any atom is 0.274 e. The maximum absolute atomic E-state index is 12.5. The number of thiocarbonyl (C=S) groups is 1. The van der Waals surface area contributed by atoms with Crippen molar-refractivity contribution in [2.45, 2.75) is 72.4 Å². The topological polar surface area (TPSA) is 71.0 Å². The van der Waals surface area contributed by atoms with Crippen LogP contribution in [-0.4, -0.2) is 26.8 Å². The number of carbonyl (C=O) groups excluding carboxylic acids is 1. The van der Waals surface area contributed by atoms with Gasteiger partial charge >= 0.3 is 0 Å². The van der Waals surface area contributed by atoms with Crippen LogP contribution in [0.4, 0.5) is 0 Å². The fraction of sp³-hybridized carbons (Fsp3) is 0.722. The molecule has 1 amide bonds. The molecule has 0 spiro atoms. The van der Waals surface area contributed by atoms with Crippen molar-refractivity contribution in [3.8, 4) is 0 Å². The van der Waals surface area contributed by atoms with Crippen LogP contribution in [-0.2, 0) is 6.54 Å². The Morgan fingerprint density at radius 2 is 2.08 bits per heavy atom. The maximum atomic E-state index is 12.5. The molecule has 1 heterocycles. The third-order valence-electron chi connectivity index (χ3n) is 5.33. The summed E-state index contributed by atoms with van der Waals surface area (Å²) < 4.78 is 1.68. The van der Waals surface area contributed by atoms with Crippen LogP contribution >= 0.6 is 23.8 Å². The van der Waals surface area contributed by atoms with Gasteiger partial charge in [0.25, 0.3) is 5.91 Å². The number of carbonyl (C=O) groups is 1. The third kappa shape index (κ3) is 5.10. The van der Waals surface area contributed by atoms with E-state index in [4.69, 9.17) is 23.8 Å². The number of hydrazine groups is 1. The first-order chi connectivity index (χ1) is 12.3. The highest BCUT2D eigenvalue weighted by Gasteiger charge is 2.27. The van der Waals surface area contributed by atoms with E-state index in [1.54, 1.807) is 11.6 Å². The predicted octanol–water partition coefficient (Wildman–Crippen LogP) is 3.58. The van der Waals surface area contributed by atoms with Gasteiger partial charge in [0, 0.05) is 12.6 Å². The van der Waals surface area contributed by atoms with Crippen molar-refractivity contribution in [2.75, 3.05) is 0 Å². The average Bonchev–Trinajstić information content (AvgIpc) is 2.88. The smallest absolute Gasteiger partial charge is 0.274 e. The molecule has 26 heavy (non-hydrogen) atoms. The van der Waals surface area contributed by atoms with Crippen molar-refractivity contribution >= 4 is 34.8 Å². The number of hydrogen-bond donors (Lipinski definition) is 3. The van der Waals surface area contributed by atoms with Gasteiger partial charge in [-0.2, -0.15) is 5.10 Å². The van der Waals surface area contributed by atoms with Gasteiger partial charge in [-0.25, -0.2) is 0 Å². The van der Waals surface area contributed by atoms with Crippen molar-refractivity contribution in [2.24, 2.45) is 11.8 Å². The number of unbranched alkanes of at least 4 members (excludes halogenated alkanes) is 1. The predicted molar refractivity (Wildman–Crippen MR) is 109 cm³/mol. The second-order valence-electron chi connectivity index (χ2n) is 7.25. The van der Waals surface area contributed by atoms with Crippen LogP contribution in [0.2, 0.25) is 5.15 Å². The highest BCUT2D eigenvalue weighted by atomic mass is 35.5. The molecule has 3 atom stereocenters. The van der Waals surface area contributed by atoms with Gasteiger partial charge in [0.2, 0.25) is 0 Å². The molecule has 1 aliphatic rings. The molecule has 0 bridgehead atoms. The first-order valence-corrected chi connectivity index (χ1v) is 10.2. The van der Waals surface area contributed by atoms with Crippen LogP contribution in [0.3, 0.4) is 0 Å². The Morgan fingerprint density at radius 3 is 2.77 bits per heavy atom. The number of hydrogen-bond acceptors (Lipinski definition) is 3. The number of rotatable bonds is 5. The Hall–Kier alpha value is -1.34. The number of aryl methyl sites for hydroxylation is 2. The van der Waals surface area contributed by atoms with E-state index in [1.165, 1.54) is 12.8 Å². The van der Waals surface area contributed by atoms with Gasteiger partial charge in [0.05, 0.1) is 5.69 Å². The van der Waals surface area contributed by atoms with E-state index in [9.17, 15) is 4.79 Å². The molecule has 0 aliphatic heterocycles. The van der Waals surface area contributed by atoms with E-state index < -0.39 is 0 Å². The number of nitrogens with one attached hydrogen (secondary N) is 3. The third-order valence-corrected chi connectivity index (χ3v) is 5.93. The van der Waals surface area contributed by atoms with E-state index in [-0.39, 0.29) is 5.91 Å². The molecule has 2 rings (SSSR count). The van der Waals surface area contributed by atoms with E-state index in [1.807, 2.05) is 0 Å². The van der Waals surface area contributed by atoms with Gasteiger partial charge in [0.15, 0.2) is 5.11 Å². The summed E-state index contributed by atoms with van der Waals surface area (Å²) in [4.78, 5) is 12.5. The van der Waals surface area contributed by atoms with Gasteiger partial charge < -0.3 is 5.32 Å². The summed E-state index contributed by atoms with van der Waals surface area (Å²) in [6.07, 6.45) is 5.55. The van der Waals surface area contributed by atoms with Crippen LogP contribution < -0.4 is 16.2 Å². The summed E-state index contributed by atoms with van der Waals surface area (Å²) in [7, 11) is 0. The summed E-state index contributed by atoms with van der Waals surface area (Å²) in [5.41, 5.74) is 6.43. The van der Waals surface area contributed by atoms with Crippen molar-refractivity contribution in [3.63, 3.8) is 0 Å². The Bertz CT molecular complexity index is 648. The molecule has 6 nitrogen and oxygen atoms in total. The van der Waals surface area contributed by atoms with Crippen molar-refractivity contribution in [1.29, 1.82) is 0 Å². The van der Waals surface area contributed by atoms with Gasteiger partial charge in [-0.1, -0.05) is 51.6 Å². The standard InChI is InChI=1S/C18H30ClN5OS/c1-5-6-10-24-16(19)15(13(4)23-24)17(25)21-22-18(26)20-14-9-7-8-11(2)12(14)3/h11-12,14H,5-10H2,1-4H3,(H,21,25)(H2,20,22,26)/t11-,12+,14+/m1/s1. The lowest BCUT2D eigenvalue weighted by molar-refractivity contribution is 0.0942. The molecule has 1 aromatic heterocycles. The monoisotopic (exact) mass is 399 g/mol. The van der Waals surface area contributed by atoms with Gasteiger partial charge in [0.1, 0.15) is 10.7 Å². The van der Waals surface area contributed by atoms with Crippen molar-refractivity contribution in [1.82, 2.24) is 25.9 Å². The molecule has 1 fully saturated rings. The number of amides is 1. The Kier molecular flexibility index (Phi) is 7.70. The highest BCUT2D eigenvalue weighted by molar-refractivity contribution is 7.80. The molecule has 146 valence electrons. The molecule has 0 radical (unpaired) electrons. The molecule has 0 saturated heterocycles. The molecule has 1 saturated carbocycles. The van der Waals surface area contributed by atoms with Crippen LogP contribution in [0.15, 0.2) is 0 Å². The minimum Gasteiger partial charge on any atom is -0.358 e. The largest absolute Gasteiger partial charge is 0.358 e. The Labute approximate surface area is 166 Å². The van der Waals surface area contributed by atoms with Crippen LogP contribution in [0.5, 0.6) is 0 Å². The molecule has 3 N–H and O–H groups in total. The van der Waals surface area contributed by atoms with Gasteiger partial charge in [-0.3, -0.25) is 20.3 Å². The molecule has 8 heteroatoms. The Morgan fingerprint density at radius 1 is 1.35 bits per heavy atom. The molecule has 0 unspecified atom stereocenters. The van der Waals surface area contributed by atoms with E-state index in [0.717, 1.165) is 19.3 Å². The normalized spacial score (nSPS) is 22.7. The zero-order valence-corrected chi connectivity index (χ0v) is 17.6. The van der Waals surface area contributed by atoms with Crippen LogP contribution in [0.1, 0.15) is 68.9 Å². The highest BCUT2D eigenvalue weighted by Crippen LogP contribution is 2.29. The zero-order chi connectivity index (χ0) is 19.3. The van der Waals surface area contributed by atoms with Crippen LogP contribution in [0.25, 0.3) is 0 Å².